The van der Waals surface area contributed by atoms with Gasteiger partial charge in [-0.05, 0) is 42.7 Å². The summed E-state index contributed by atoms with van der Waals surface area (Å²) in [5.41, 5.74) is 4.19. The molecule has 2 rings (SSSR count). The van der Waals surface area contributed by atoms with Crippen LogP contribution in [-0.4, -0.2) is 6.04 Å². The van der Waals surface area contributed by atoms with Crippen molar-refractivity contribution in [2.24, 2.45) is 17.7 Å². The molecule has 0 aliphatic heterocycles. The van der Waals surface area contributed by atoms with Crippen LogP contribution in [-0.2, 0) is 6.42 Å². The predicted octanol–water partition coefficient (Wildman–Crippen LogP) is 2.09. The zero-order valence-corrected chi connectivity index (χ0v) is 9.28. The monoisotopic (exact) mass is 208 g/mol. The van der Waals surface area contributed by atoms with E-state index in [-0.39, 0.29) is 0 Å². The Hall–Kier alpha value is -0.800. The number of hydrogen-bond acceptors (Lipinski definition) is 3. The van der Waals surface area contributed by atoms with Crippen molar-refractivity contribution < 1.29 is 4.42 Å². The molecule has 1 heterocycles. The lowest BCUT2D eigenvalue weighted by molar-refractivity contribution is 0.352. The highest BCUT2D eigenvalue weighted by atomic mass is 16.3. The lowest BCUT2D eigenvalue weighted by atomic mass is 9.93. The molecule has 3 unspecified atom stereocenters. The van der Waals surface area contributed by atoms with Gasteiger partial charge in [0.15, 0.2) is 0 Å². The Morgan fingerprint density at radius 1 is 1.60 bits per heavy atom. The van der Waals surface area contributed by atoms with Gasteiger partial charge in [-0.15, -0.1) is 0 Å². The summed E-state index contributed by atoms with van der Waals surface area (Å²) in [5, 5.41) is 0. The third-order valence-electron chi connectivity index (χ3n) is 3.55. The van der Waals surface area contributed by atoms with Gasteiger partial charge in [0.2, 0.25) is 0 Å². The van der Waals surface area contributed by atoms with E-state index in [4.69, 9.17) is 10.3 Å². The van der Waals surface area contributed by atoms with Gasteiger partial charge >= 0.3 is 0 Å². The van der Waals surface area contributed by atoms with Gasteiger partial charge < -0.3 is 4.42 Å². The van der Waals surface area contributed by atoms with Crippen LogP contribution in [0.1, 0.15) is 31.7 Å². The van der Waals surface area contributed by atoms with Gasteiger partial charge in [-0.1, -0.05) is 13.3 Å². The number of hydrogen-bond donors (Lipinski definition) is 2. The zero-order valence-electron chi connectivity index (χ0n) is 9.28. The molecule has 1 aliphatic carbocycles. The standard InChI is InChI=1S/C12H20N2O/c1-9-2-3-11(6-9)12(14-13)7-10-4-5-15-8-10/h4-5,8-9,11-12,14H,2-3,6-7,13H2,1H3. The summed E-state index contributed by atoms with van der Waals surface area (Å²) < 4.78 is 5.08. The quantitative estimate of drug-likeness (QED) is 0.588. The minimum Gasteiger partial charge on any atom is -0.472 e. The van der Waals surface area contributed by atoms with Crippen LogP contribution in [0.15, 0.2) is 23.0 Å². The normalized spacial score (nSPS) is 28.1. The van der Waals surface area contributed by atoms with E-state index in [1.807, 2.05) is 12.3 Å². The fourth-order valence-corrected chi connectivity index (χ4v) is 2.64. The Balaban J connectivity index is 1.92. The zero-order chi connectivity index (χ0) is 10.7. The van der Waals surface area contributed by atoms with Gasteiger partial charge in [0.05, 0.1) is 12.5 Å². The molecule has 1 aliphatic rings. The first-order valence-corrected chi connectivity index (χ1v) is 5.76. The number of furan rings is 1. The molecule has 3 N–H and O–H groups in total. The largest absolute Gasteiger partial charge is 0.472 e. The summed E-state index contributed by atoms with van der Waals surface area (Å²) in [7, 11) is 0. The fourth-order valence-electron chi connectivity index (χ4n) is 2.64. The molecular weight excluding hydrogens is 188 g/mol. The summed E-state index contributed by atoms with van der Waals surface area (Å²) in [5.74, 6) is 7.21. The summed E-state index contributed by atoms with van der Waals surface area (Å²) >= 11 is 0. The molecule has 1 aromatic rings. The van der Waals surface area contributed by atoms with Crippen molar-refractivity contribution in [2.75, 3.05) is 0 Å². The Morgan fingerprint density at radius 3 is 3.00 bits per heavy atom. The molecule has 0 aromatic carbocycles. The molecule has 0 amide bonds. The first kappa shape index (κ1) is 10.7. The first-order valence-electron chi connectivity index (χ1n) is 5.76. The second-order valence-electron chi connectivity index (χ2n) is 4.79. The first-order chi connectivity index (χ1) is 7.29. The maximum absolute atomic E-state index is 5.63. The Morgan fingerprint density at radius 2 is 2.47 bits per heavy atom. The number of hydrazine groups is 1. The van der Waals surface area contributed by atoms with Crippen molar-refractivity contribution >= 4 is 0 Å². The molecule has 15 heavy (non-hydrogen) atoms. The summed E-state index contributed by atoms with van der Waals surface area (Å²) in [6, 6.07) is 2.41. The van der Waals surface area contributed by atoms with Crippen molar-refractivity contribution in [1.82, 2.24) is 5.43 Å². The number of nitrogens with one attached hydrogen (secondary N) is 1. The van der Waals surface area contributed by atoms with Crippen molar-refractivity contribution in [1.29, 1.82) is 0 Å². The van der Waals surface area contributed by atoms with Gasteiger partial charge in [0, 0.05) is 6.04 Å². The van der Waals surface area contributed by atoms with E-state index < -0.39 is 0 Å². The number of rotatable bonds is 4. The van der Waals surface area contributed by atoms with E-state index in [2.05, 4.69) is 12.3 Å². The van der Waals surface area contributed by atoms with Gasteiger partial charge in [0.1, 0.15) is 0 Å². The van der Waals surface area contributed by atoms with E-state index in [0.717, 1.165) is 18.3 Å². The van der Waals surface area contributed by atoms with Crippen LogP contribution in [0.3, 0.4) is 0 Å². The van der Waals surface area contributed by atoms with Crippen LogP contribution in [0.4, 0.5) is 0 Å². The molecule has 3 heteroatoms. The maximum Gasteiger partial charge on any atom is 0.0935 e. The topological polar surface area (TPSA) is 51.2 Å². The molecule has 0 spiro atoms. The van der Waals surface area contributed by atoms with Crippen LogP contribution in [0, 0.1) is 11.8 Å². The van der Waals surface area contributed by atoms with Crippen LogP contribution in [0.5, 0.6) is 0 Å². The van der Waals surface area contributed by atoms with Crippen molar-refractivity contribution in [2.45, 2.75) is 38.6 Å². The van der Waals surface area contributed by atoms with E-state index in [1.165, 1.54) is 24.8 Å². The molecule has 84 valence electrons. The van der Waals surface area contributed by atoms with E-state index in [0.29, 0.717) is 6.04 Å². The molecule has 3 nitrogen and oxygen atoms in total. The van der Waals surface area contributed by atoms with Crippen molar-refractivity contribution in [3.05, 3.63) is 24.2 Å². The van der Waals surface area contributed by atoms with E-state index in [1.54, 1.807) is 6.26 Å². The summed E-state index contributed by atoms with van der Waals surface area (Å²) in [4.78, 5) is 0. The lowest BCUT2D eigenvalue weighted by Crippen LogP contribution is -2.41. The highest BCUT2D eigenvalue weighted by molar-refractivity contribution is 5.08. The van der Waals surface area contributed by atoms with Gasteiger partial charge in [0.25, 0.3) is 0 Å². The van der Waals surface area contributed by atoms with Crippen LogP contribution >= 0.6 is 0 Å². The number of nitrogens with two attached hydrogens (primary N) is 1. The average Bonchev–Trinajstić information content (AvgIpc) is 2.85. The molecular formula is C12H20N2O. The van der Waals surface area contributed by atoms with Crippen LogP contribution in [0.2, 0.25) is 0 Å². The third kappa shape index (κ3) is 2.61. The Labute approximate surface area is 91.0 Å². The van der Waals surface area contributed by atoms with Crippen LogP contribution in [0.25, 0.3) is 0 Å². The molecule has 1 fully saturated rings. The molecule has 0 saturated heterocycles. The summed E-state index contributed by atoms with van der Waals surface area (Å²) in [6.45, 7) is 2.32. The maximum atomic E-state index is 5.63. The smallest absolute Gasteiger partial charge is 0.0935 e. The molecule has 3 atom stereocenters. The molecule has 0 radical (unpaired) electrons. The van der Waals surface area contributed by atoms with Crippen LogP contribution < -0.4 is 11.3 Å². The highest BCUT2D eigenvalue weighted by Gasteiger charge is 2.28. The minimum atomic E-state index is 0.396. The average molecular weight is 208 g/mol. The van der Waals surface area contributed by atoms with Crippen molar-refractivity contribution in [3.8, 4) is 0 Å². The van der Waals surface area contributed by atoms with Crippen molar-refractivity contribution in [3.63, 3.8) is 0 Å². The third-order valence-corrected chi connectivity index (χ3v) is 3.55. The molecule has 0 bridgehead atoms. The molecule has 1 aromatic heterocycles. The van der Waals surface area contributed by atoms with E-state index in [9.17, 15) is 0 Å². The SMILES string of the molecule is CC1CCC(C(Cc2ccoc2)NN)C1. The van der Waals surface area contributed by atoms with E-state index >= 15 is 0 Å². The van der Waals surface area contributed by atoms with Gasteiger partial charge in [-0.2, -0.15) is 0 Å². The second kappa shape index (κ2) is 4.81. The minimum absolute atomic E-state index is 0.396. The predicted molar refractivity (Wildman–Crippen MR) is 60.0 cm³/mol. The second-order valence-corrected chi connectivity index (χ2v) is 4.79. The van der Waals surface area contributed by atoms with Gasteiger partial charge in [-0.25, -0.2) is 0 Å². The van der Waals surface area contributed by atoms with Gasteiger partial charge in [-0.3, -0.25) is 11.3 Å². The highest BCUT2D eigenvalue weighted by Crippen LogP contribution is 2.33. The fraction of sp³-hybridized carbons (Fsp3) is 0.667. The Bertz CT molecular complexity index is 284. The lowest BCUT2D eigenvalue weighted by Gasteiger charge is -2.22. The molecule has 1 saturated carbocycles. The summed E-state index contributed by atoms with van der Waals surface area (Å²) in [6.07, 6.45) is 8.45. The Kier molecular flexibility index (Phi) is 3.44.